The van der Waals surface area contributed by atoms with Gasteiger partial charge in [-0.2, -0.15) is 0 Å². The normalized spacial score (nSPS) is 36.3. The molecule has 1 heterocycles. The van der Waals surface area contributed by atoms with Crippen LogP contribution in [0.3, 0.4) is 0 Å². The van der Waals surface area contributed by atoms with Gasteiger partial charge in [-0.15, -0.1) is 0 Å². The van der Waals surface area contributed by atoms with Gasteiger partial charge in [0.15, 0.2) is 6.29 Å². The molecule has 112 valence electrons. The van der Waals surface area contributed by atoms with Crippen molar-refractivity contribution in [2.75, 3.05) is 19.8 Å². The molecule has 1 aliphatic carbocycles. The van der Waals surface area contributed by atoms with Crippen LogP contribution in [0.4, 0.5) is 4.39 Å². The highest BCUT2D eigenvalue weighted by Crippen LogP contribution is 2.31. The summed E-state index contributed by atoms with van der Waals surface area (Å²) < 4.78 is 30.3. The molecular weight excluding hydrogens is 247 g/mol. The first-order valence-corrected chi connectivity index (χ1v) is 7.78. The van der Waals surface area contributed by atoms with E-state index in [-0.39, 0.29) is 12.4 Å². The average molecular weight is 274 g/mol. The Labute approximate surface area is 115 Å². The van der Waals surface area contributed by atoms with Crippen LogP contribution in [0, 0.1) is 5.92 Å². The molecule has 2 aliphatic rings. The first-order valence-electron chi connectivity index (χ1n) is 7.78. The molecule has 0 unspecified atom stereocenters. The van der Waals surface area contributed by atoms with E-state index < -0.39 is 6.17 Å². The molecule has 3 nitrogen and oxygen atoms in total. The van der Waals surface area contributed by atoms with Crippen LogP contribution in [0.2, 0.25) is 0 Å². The van der Waals surface area contributed by atoms with Gasteiger partial charge < -0.3 is 14.2 Å². The van der Waals surface area contributed by atoms with Crippen molar-refractivity contribution >= 4 is 0 Å². The highest BCUT2D eigenvalue weighted by atomic mass is 19.1. The molecule has 0 spiro atoms. The van der Waals surface area contributed by atoms with Crippen LogP contribution in [0.25, 0.3) is 0 Å². The van der Waals surface area contributed by atoms with Crippen molar-refractivity contribution in [1.29, 1.82) is 0 Å². The van der Waals surface area contributed by atoms with E-state index in [1.807, 2.05) is 0 Å². The lowest BCUT2D eigenvalue weighted by molar-refractivity contribution is -0.249. The molecule has 2 fully saturated rings. The van der Waals surface area contributed by atoms with Crippen LogP contribution in [0.5, 0.6) is 0 Å². The fraction of sp³-hybridized carbons (Fsp3) is 1.00. The summed E-state index contributed by atoms with van der Waals surface area (Å²) in [5, 5.41) is 0. The molecular formula is C15H27FO3. The lowest BCUT2D eigenvalue weighted by atomic mass is 9.87. The van der Waals surface area contributed by atoms with Crippen molar-refractivity contribution in [3.63, 3.8) is 0 Å². The monoisotopic (exact) mass is 274 g/mol. The van der Waals surface area contributed by atoms with E-state index in [1.165, 1.54) is 12.8 Å². The second kappa shape index (κ2) is 8.18. The summed E-state index contributed by atoms with van der Waals surface area (Å²) in [5.41, 5.74) is 0. The number of rotatable bonds is 6. The Morgan fingerprint density at radius 2 is 1.74 bits per heavy atom. The summed E-state index contributed by atoms with van der Waals surface area (Å²) in [7, 11) is 0. The molecule has 2 rings (SSSR count). The Hall–Kier alpha value is -0.190. The third-order valence-electron chi connectivity index (χ3n) is 4.08. The highest BCUT2D eigenvalue weighted by molar-refractivity contribution is 4.76. The molecule has 0 N–H and O–H groups in total. The van der Waals surface area contributed by atoms with Gasteiger partial charge in [0.1, 0.15) is 12.3 Å². The molecule has 19 heavy (non-hydrogen) atoms. The third kappa shape index (κ3) is 5.01. The van der Waals surface area contributed by atoms with E-state index >= 15 is 0 Å². The molecule has 0 bridgehead atoms. The number of halogens is 1. The Bertz CT molecular complexity index is 234. The van der Waals surface area contributed by atoms with Crippen LogP contribution < -0.4 is 0 Å². The van der Waals surface area contributed by atoms with Gasteiger partial charge in [-0.05, 0) is 32.1 Å². The molecule has 1 saturated carbocycles. The van der Waals surface area contributed by atoms with Gasteiger partial charge in [-0.1, -0.05) is 19.8 Å². The van der Waals surface area contributed by atoms with Crippen molar-refractivity contribution in [3.8, 4) is 0 Å². The molecule has 0 aromatic carbocycles. The molecule has 0 aromatic heterocycles. The maximum absolute atomic E-state index is 13.1. The largest absolute Gasteiger partial charge is 0.373 e. The van der Waals surface area contributed by atoms with Crippen LogP contribution in [-0.4, -0.2) is 38.4 Å². The van der Waals surface area contributed by atoms with Gasteiger partial charge in [0, 0.05) is 12.5 Å². The molecule has 4 heteroatoms. The molecule has 0 atom stereocenters. The van der Waals surface area contributed by atoms with Crippen molar-refractivity contribution in [3.05, 3.63) is 0 Å². The second-order valence-electron chi connectivity index (χ2n) is 5.75. The van der Waals surface area contributed by atoms with Crippen LogP contribution in [-0.2, 0) is 14.2 Å². The Kier molecular flexibility index (Phi) is 6.54. The predicted molar refractivity (Wildman–Crippen MR) is 71.8 cm³/mol. The molecule has 1 saturated heterocycles. The van der Waals surface area contributed by atoms with Crippen LogP contribution in [0.15, 0.2) is 0 Å². The quantitative estimate of drug-likeness (QED) is 0.694. The zero-order valence-electron chi connectivity index (χ0n) is 12.0. The Morgan fingerprint density at radius 1 is 1.05 bits per heavy atom. The fourth-order valence-electron chi connectivity index (χ4n) is 2.82. The van der Waals surface area contributed by atoms with Crippen molar-refractivity contribution < 1.29 is 18.6 Å². The average Bonchev–Trinajstić information content (AvgIpc) is 2.45. The lowest BCUT2D eigenvalue weighted by Crippen LogP contribution is -2.42. The lowest BCUT2D eigenvalue weighted by Gasteiger charge is -2.36. The molecule has 1 aliphatic heterocycles. The summed E-state index contributed by atoms with van der Waals surface area (Å²) in [6, 6.07) is 0. The summed E-state index contributed by atoms with van der Waals surface area (Å²) in [6.45, 7) is 4.21. The van der Waals surface area contributed by atoms with E-state index in [0.717, 1.165) is 25.9 Å². The molecule has 0 amide bonds. The summed E-state index contributed by atoms with van der Waals surface area (Å²) >= 11 is 0. The minimum absolute atomic E-state index is 0.0746. The molecule has 0 radical (unpaired) electrons. The maximum Gasteiger partial charge on any atom is 0.160 e. The predicted octanol–water partition coefficient (Wildman–Crippen LogP) is 3.46. The van der Waals surface area contributed by atoms with Crippen molar-refractivity contribution in [2.45, 2.75) is 70.4 Å². The number of alkyl halides is 1. The minimum Gasteiger partial charge on any atom is -0.373 e. The smallest absolute Gasteiger partial charge is 0.160 e. The second-order valence-corrected chi connectivity index (χ2v) is 5.75. The van der Waals surface area contributed by atoms with E-state index in [9.17, 15) is 4.39 Å². The number of unbranched alkanes of at least 4 members (excludes halogenated alkanes) is 2. The van der Waals surface area contributed by atoms with Gasteiger partial charge in [0.25, 0.3) is 0 Å². The van der Waals surface area contributed by atoms with Crippen molar-refractivity contribution in [1.82, 2.24) is 0 Å². The van der Waals surface area contributed by atoms with Gasteiger partial charge in [0.05, 0.1) is 13.2 Å². The third-order valence-corrected chi connectivity index (χ3v) is 4.08. The Morgan fingerprint density at radius 3 is 2.37 bits per heavy atom. The summed E-state index contributed by atoms with van der Waals surface area (Å²) in [6.07, 6.45) is 5.93. The maximum atomic E-state index is 13.1. The number of hydrogen-bond donors (Lipinski definition) is 0. The topological polar surface area (TPSA) is 27.7 Å². The zero-order chi connectivity index (χ0) is 13.5. The summed E-state index contributed by atoms with van der Waals surface area (Å²) in [4.78, 5) is 0. The van der Waals surface area contributed by atoms with Gasteiger partial charge in [-0.3, -0.25) is 0 Å². The van der Waals surface area contributed by atoms with Crippen LogP contribution in [0.1, 0.15) is 51.9 Å². The number of ether oxygens (including phenoxy) is 3. The van der Waals surface area contributed by atoms with Gasteiger partial charge in [0.2, 0.25) is 0 Å². The zero-order valence-corrected chi connectivity index (χ0v) is 12.0. The van der Waals surface area contributed by atoms with Gasteiger partial charge >= 0.3 is 0 Å². The Balaban J connectivity index is 1.59. The van der Waals surface area contributed by atoms with E-state index in [4.69, 9.17) is 14.2 Å². The van der Waals surface area contributed by atoms with E-state index in [1.54, 1.807) is 0 Å². The highest BCUT2D eigenvalue weighted by Gasteiger charge is 2.32. The van der Waals surface area contributed by atoms with E-state index in [0.29, 0.717) is 32.0 Å². The number of hydrogen-bond acceptors (Lipinski definition) is 3. The SMILES string of the molecule is CCCCCO[C@H]1CO[C@H]([C@H]2CC[C@H](F)CC2)OC1. The summed E-state index contributed by atoms with van der Waals surface area (Å²) in [5.74, 6) is 0.369. The first kappa shape index (κ1) is 15.2. The van der Waals surface area contributed by atoms with Gasteiger partial charge in [-0.25, -0.2) is 4.39 Å². The van der Waals surface area contributed by atoms with Crippen molar-refractivity contribution in [2.24, 2.45) is 5.92 Å². The molecule has 0 aromatic rings. The van der Waals surface area contributed by atoms with E-state index in [2.05, 4.69) is 6.92 Å². The standard InChI is InChI=1S/C15H27FO3/c1-2-3-4-9-17-14-10-18-15(19-11-14)12-5-7-13(16)8-6-12/h12-15H,2-11H2,1H3/t12-,13-,14-,15-. The first-order chi connectivity index (χ1) is 9.29. The fourth-order valence-corrected chi connectivity index (χ4v) is 2.82. The van der Waals surface area contributed by atoms with Crippen LogP contribution >= 0.6 is 0 Å². The minimum atomic E-state index is -0.616.